The average molecular weight is 222 g/mol. The van der Waals surface area contributed by atoms with Gasteiger partial charge in [0.25, 0.3) is 0 Å². The van der Waals surface area contributed by atoms with Crippen LogP contribution in [0.1, 0.15) is 59.8 Å². The van der Waals surface area contributed by atoms with Gasteiger partial charge in [-0.05, 0) is 68.1 Å². The van der Waals surface area contributed by atoms with Gasteiger partial charge in [0, 0.05) is 0 Å². The summed E-state index contributed by atoms with van der Waals surface area (Å²) in [7, 11) is 0. The highest BCUT2D eigenvalue weighted by Gasteiger charge is 2.80. The van der Waals surface area contributed by atoms with E-state index in [9.17, 15) is 5.11 Å². The summed E-state index contributed by atoms with van der Waals surface area (Å²) in [6.45, 7) is 8.95. The van der Waals surface area contributed by atoms with E-state index in [0.717, 1.165) is 24.2 Å². The molecule has 0 radical (unpaired) electrons. The quantitative estimate of drug-likeness (QED) is 0.770. The Bertz CT molecular complexity index is 302. The lowest BCUT2D eigenvalue weighted by Crippen LogP contribution is -2.28. The van der Waals surface area contributed by atoms with Crippen LogP contribution >= 0.6 is 0 Å². The molecule has 1 nitrogen and oxygen atoms in total. The lowest BCUT2D eigenvalue weighted by molar-refractivity contribution is 0.0574. The van der Waals surface area contributed by atoms with E-state index in [0.29, 0.717) is 10.8 Å². The van der Waals surface area contributed by atoms with Crippen LogP contribution in [0, 0.1) is 28.6 Å². The molecule has 0 aromatic heterocycles. The molecule has 0 aromatic carbocycles. The third kappa shape index (κ3) is 1.16. The van der Waals surface area contributed by atoms with Gasteiger partial charge in [0.05, 0.1) is 5.60 Å². The first-order valence-electron chi connectivity index (χ1n) is 7.01. The van der Waals surface area contributed by atoms with Crippen LogP contribution < -0.4 is 0 Å². The van der Waals surface area contributed by atoms with Crippen molar-refractivity contribution in [2.75, 3.05) is 0 Å². The van der Waals surface area contributed by atoms with Crippen molar-refractivity contribution in [2.24, 2.45) is 28.6 Å². The van der Waals surface area contributed by atoms with Crippen LogP contribution in [0.3, 0.4) is 0 Å². The number of hydrogen-bond acceptors (Lipinski definition) is 1. The van der Waals surface area contributed by atoms with Gasteiger partial charge in [0.1, 0.15) is 0 Å². The second-order valence-corrected chi connectivity index (χ2v) is 7.75. The number of hydrogen-bond donors (Lipinski definition) is 1. The van der Waals surface area contributed by atoms with E-state index >= 15 is 0 Å². The minimum absolute atomic E-state index is 0.470. The molecule has 0 amide bonds. The predicted octanol–water partition coefficient (Wildman–Crippen LogP) is 3.61. The van der Waals surface area contributed by atoms with Crippen LogP contribution in [-0.2, 0) is 0 Å². The largest absolute Gasteiger partial charge is 0.390 e. The SMILES string of the molecule is CC(C)(O)CCCC1(C)C2CC3C(C2)C31C. The summed E-state index contributed by atoms with van der Waals surface area (Å²) in [5.74, 6) is 3.16. The maximum absolute atomic E-state index is 9.79. The van der Waals surface area contributed by atoms with Gasteiger partial charge in [-0.1, -0.05) is 20.3 Å². The van der Waals surface area contributed by atoms with Crippen molar-refractivity contribution in [1.29, 1.82) is 0 Å². The topological polar surface area (TPSA) is 20.2 Å². The molecule has 0 aliphatic heterocycles. The van der Waals surface area contributed by atoms with Gasteiger partial charge in [0.2, 0.25) is 0 Å². The lowest BCUT2D eigenvalue weighted by atomic mass is 9.70. The fourth-order valence-corrected chi connectivity index (χ4v) is 5.39. The summed E-state index contributed by atoms with van der Waals surface area (Å²) in [6.07, 6.45) is 6.53. The smallest absolute Gasteiger partial charge is 0.0591 e. The van der Waals surface area contributed by atoms with Gasteiger partial charge < -0.3 is 5.11 Å². The standard InChI is InChI=1S/C15H26O/c1-13(2,16)6-5-7-14(3)10-8-11-12(9-10)15(11,14)4/h10-12,16H,5-9H2,1-4H3. The zero-order chi connectivity index (χ0) is 11.8. The number of aliphatic hydroxyl groups is 1. The highest BCUT2D eigenvalue weighted by molar-refractivity contribution is 5.28. The van der Waals surface area contributed by atoms with Crippen molar-refractivity contribution in [1.82, 2.24) is 0 Å². The molecular formula is C15H26O. The van der Waals surface area contributed by atoms with Gasteiger partial charge in [-0.2, -0.15) is 0 Å². The Hall–Kier alpha value is -0.0400. The molecule has 4 bridgehead atoms. The van der Waals surface area contributed by atoms with Crippen LogP contribution in [0.15, 0.2) is 0 Å². The summed E-state index contributed by atoms with van der Waals surface area (Å²) >= 11 is 0. The first-order chi connectivity index (χ1) is 7.29. The van der Waals surface area contributed by atoms with Gasteiger partial charge in [-0.15, -0.1) is 0 Å². The second kappa shape index (κ2) is 2.85. The molecule has 4 fully saturated rings. The molecule has 1 heteroatoms. The third-order valence-electron chi connectivity index (χ3n) is 6.61. The summed E-state index contributed by atoms with van der Waals surface area (Å²) in [5, 5.41) is 9.79. The molecule has 4 aliphatic carbocycles. The normalized spacial score (nSPS) is 53.4. The Morgan fingerprint density at radius 2 is 1.75 bits per heavy atom. The summed E-state index contributed by atoms with van der Waals surface area (Å²) in [6, 6.07) is 0. The summed E-state index contributed by atoms with van der Waals surface area (Å²) in [4.78, 5) is 0. The molecule has 4 aliphatic rings. The van der Waals surface area contributed by atoms with Crippen LogP contribution in [0.25, 0.3) is 0 Å². The van der Waals surface area contributed by atoms with E-state index in [-0.39, 0.29) is 0 Å². The highest BCUT2D eigenvalue weighted by atomic mass is 16.3. The molecule has 4 saturated carbocycles. The molecule has 0 spiro atoms. The zero-order valence-electron chi connectivity index (χ0n) is 11.2. The zero-order valence-corrected chi connectivity index (χ0v) is 11.2. The van der Waals surface area contributed by atoms with Gasteiger partial charge in [0.15, 0.2) is 0 Å². The fourth-order valence-electron chi connectivity index (χ4n) is 5.39. The Kier molecular flexibility index (Phi) is 1.98. The molecule has 3 unspecified atom stereocenters. The summed E-state index contributed by atoms with van der Waals surface area (Å²) in [5.41, 5.74) is 0.826. The van der Waals surface area contributed by atoms with Crippen LogP contribution in [0.5, 0.6) is 0 Å². The van der Waals surface area contributed by atoms with Gasteiger partial charge in [-0.25, -0.2) is 0 Å². The van der Waals surface area contributed by atoms with Crippen LogP contribution in [-0.4, -0.2) is 10.7 Å². The van der Waals surface area contributed by atoms with E-state index in [1.165, 1.54) is 25.7 Å². The minimum Gasteiger partial charge on any atom is -0.390 e. The van der Waals surface area contributed by atoms with E-state index in [4.69, 9.17) is 0 Å². The van der Waals surface area contributed by atoms with Crippen molar-refractivity contribution in [3.05, 3.63) is 0 Å². The third-order valence-corrected chi connectivity index (χ3v) is 6.61. The van der Waals surface area contributed by atoms with Gasteiger partial charge in [-0.3, -0.25) is 0 Å². The van der Waals surface area contributed by atoms with Crippen molar-refractivity contribution >= 4 is 0 Å². The average Bonchev–Trinajstić information content (AvgIpc) is 2.51. The van der Waals surface area contributed by atoms with Crippen molar-refractivity contribution < 1.29 is 5.11 Å². The van der Waals surface area contributed by atoms with Crippen LogP contribution in [0.2, 0.25) is 0 Å². The molecule has 0 heterocycles. The Balaban J connectivity index is 1.64. The van der Waals surface area contributed by atoms with Crippen LogP contribution in [0.4, 0.5) is 0 Å². The Labute approximate surface area is 99.6 Å². The Morgan fingerprint density at radius 3 is 2.12 bits per heavy atom. The fraction of sp³-hybridized carbons (Fsp3) is 1.00. The van der Waals surface area contributed by atoms with Gasteiger partial charge >= 0.3 is 0 Å². The van der Waals surface area contributed by atoms with E-state index in [2.05, 4.69) is 13.8 Å². The van der Waals surface area contributed by atoms with E-state index < -0.39 is 5.60 Å². The maximum Gasteiger partial charge on any atom is 0.0591 e. The lowest BCUT2D eigenvalue weighted by Gasteiger charge is -2.35. The molecule has 3 atom stereocenters. The molecule has 0 aromatic rings. The minimum atomic E-state index is -0.470. The summed E-state index contributed by atoms with van der Waals surface area (Å²) < 4.78 is 0. The monoisotopic (exact) mass is 222 g/mol. The van der Waals surface area contributed by atoms with Crippen molar-refractivity contribution in [3.8, 4) is 0 Å². The predicted molar refractivity (Wildman–Crippen MR) is 66.1 cm³/mol. The molecular weight excluding hydrogens is 196 g/mol. The second-order valence-electron chi connectivity index (χ2n) is 7.75. The molecule has 0 saturated heterocycles. The molecule has 92 valence electrons. The van der Waals surface area contributed by atoms with Crippen molar-refractivity contribution in [2.45, 2.75) is 65.4 Å². The Morgan fingerprint density at radius 1 is 1.19 bits per heavy atom. The van der Waals surface area contributed by atoms with E-state index in [1.807, 2.05) is 13.8 Å². The first kappa shape index (κ1) is 11.1. The molecule has 4 rings (SSSR count). The first-order valence-corrected chi connectivity index (χ1v) is 7.01. The van der Waals surface area contributed by atoms with Crippen molar-refractivity contribution in [3.63, 3.8) is 0 Å². The molecule has 1 N–H and O–H groups in total. The van der Waals surface area contributed by atoms with E-state index in [1.54, 1.807) is 0 Å². The highest BCUT2D eigenvalue weighted by Crippen LogP contribution is 2.87. The molecule has 16 heavy (non-hydrogen) atoms. The maximum atomic E-state index is 9.79. The number of rotatable bonds is 4.